The number of hydrogen-bond acceptors (Lipinski definition) is 5. The van der Waals surface area contributed by atoms with Gasteiger partial charge in [0.1, 0.15) is 5.75 Å². The normalized spacial score (nSPS) is 11.0. The third-order valence-electron chi connectivity index (χ3n) is 3.74. The van der Waals surface area contributed by atoms with Crippen LogP contribution in [0.3, 0.4) is 0 Å². The number of methoxy groups -OCH3 is 3. The van der Waals surface area contributed by atoms with Gasteiger partial charge in [-0.2, -0.15) is 13.2 Å². The second kappa shape index (κ2) is 9.60. The van der Waals surface area contributed by atoms with Crippen molar-refractivity contribution in [2.75, 3.05) is 33.3 Å². The molecular formula is C19H19ClF3NO5. The standard InChI is InChI=1S/C19H19ClF3NO5/c1-26-15-6-4-11(17(27-2)18(15)28-3)8-16(25)24-13-9-12(20)5-7-14(13)29-10-19(21,22)23/h4-7,9H,8,10H2,1-3H3,(H,24,25). The zero-order valence-electron chi connectivity index (χ0n) is 15.9. The van der Waals surface area contributed by atoms with Crippen LogP contribution in [0.1, 0.15) is 5.56 Å². The van der Waals surface area contributed by atoms with Gasteiger partial charge in [0, 0.05) is 10.6 Å². The van der Waals surface area contributed by atoms with Crippen molar-refractivity contribution in [3.05, 3.63) is 40.9 Å². The average Bonchev–Trinajstić information content (AvgIpc) is 2.66. The van der Waals surface area contributed by atoms with Gasteiger partial charge in [0.05, 0.1) is 33.4 Å². The van der Waals surface area contributed by atoms with Crippen LogP contribution in [0.5, 0.6) is 23.0 Å². The van der Waals surface area contributed by atoms with Crippen molar-refractivity contribution < 1.29 is 36.9 Å². The largest absolute Gasteiger partial charge is 0.493 e. The fourth-order valence-electron chi connectivity index (χ4n) is 2.56. The highest BCUT2D eigenvalue weighted by molar-refractivity contribution is 6.31. The van der Waals surface area contributed by atoms with E-state index >= 15 is 0 Å². The number of halogens is 4. The van der Waals surface area contributed by atoms with Crippen molar-refractivity contribution in [3.63, 3.8) is 0 Å². The Morgan fingerprint density at radius 1 is 1.00 bits per heavy atom. The summed E-state index contributed by atoms with van der Waals surface area (Å²) in [4.78, 5) is 12.5. The zero-order valence-corrected chi connectivity index (χ0v) is 16.6. The number of anilines is 1. The number of benzene rings is 2. The maximum absolute atomic E-state index is 12.5. The molecule has 0 aromatic heterocycles. The molecule has 0 heterocycles. The highest BCUT2D eigenvalue weighted by Crippen LogP contribution is 2.40. The van der Waals surface area contributed by atoms with Crippen molar-refractivity contribution in [2.45, 2.75) is 12.6 Å². The first-order valence-electron chi connectivity index (χ1n) is 8.25. The maximum atomic E-state index is 12.5. The van der Waals surface area contributed by atoms with Gasteiger partial charge in [-0.25, -0.2) is 0 Å². The Morgan fingerprint density at radius 2 is 1.66 bits per heavy atom. The van der Waals surface area contributed by atoms with Gasteiger partial charge in [-0.05, 0) is 24.3 Å². The summed E-state index contributed by atoms with van der Waals surface area (Å²) in [7, 11) is 4.31. The number of amides is 1. The number of carbonyl (C=O) groups is 1. The molecule has 2 aromatic carbocycles. The van der Waals surface area contributed by atoms with Gasteiger partial charge in [-0.1, -0.05) is 17.7 Å². The third-order valence-corrected chi connectivity index (χ3v) is 3.98. The smallest absolute Gasteiger partial charge is 0.422 e. The summed E-state index contributed by atoms with van der Waals surface area (Å²) in [5.74, 6) is 0.374. The fourth-order valence-corrected chi connectivity index (χ4v) is 2.73. The van der Waals surface area contributed by atoms with Crippen LogP contribution in [0.4, 0.5) is 18.9 Å². The number of hydrogen-bond donors (Lipinski definition) is 1. The van der Waals surface area contributed by atoms with Gasteiger partial charge < -0.3 is 24.3 Å². The molecule has 2 rings (SSSR count). The van der Waals surface area contributed by atoms with Crippen LogP contribution in [0.2, 0.25) is 5.02 Å². The maximum Gasteiger partial charge on any atom is 0.422 e. The predicted molar refractivity (Wildman–Crippen MR) is 101 cm³/mol. The van der Waals surface area contributed by atoms with Gasteiger partial charge in [0.15, 0.2) is 18.1 Å². The Morgan fingerprint density at radius 3 is 2.24 bits per heavy atom. The SMILES string of the molecule is COc1ccc(CC(=O)Nc2cc(Cl)ccc2OCC(F)(F)F)c(OC)c1OC. The first kappa shape index (κ1) is 22.5. The Bertz CT molecular complexity index is 874. The molecule has 0 aliphatic heterocycles. The molecule has 0 bridgehead atoms. The summed E-state index contributed by atoms with van der Waals surface area (Å²) in [6.45, 7) is -1.50. The molecular weight excluding hydrogens is 415 g/mol. The van der Waals surface area contributed by atoms with E-state index in [2.05, 4.69) is 5.32 Å². The first-order chi connectivity index (χ1) is 13.7. The van der Waals surface area contributed by atoms with E-state index in [-0.39, 0.29) is 22.9 Å². The second-order valence-corrected chi connectivity index (χ2v) is 6.20. The van der Waals surface area contributed by atoms with E-state index in [0.717, 1.165) is 0 Å². The summed E-state index contributed by atoms with van der Waals surface area (Å²) in [6, 6.07) is 7.15. The van der Waals surface area contributed by atoms with Crippen molar-refractivity contribution in [3.8, 4) is 23.0 Å². The molecule has 0 aliphatic carbocycles. The summed E-state index contributed by atoms with van der Waals surface area (Å²) in [5, 5.41) is 2.74. The molecule has 1 N–H and O–H groups in total. The summed E-state index contributed by atoms with van der Waals surface area (Å²) in [6.07, 6.45) is -4.66. The number of nitrogens with one attached hydrogen (secondary N) is 1. The summed E-state index contributed by atoms with van der Waals surface area (Å²) >= 11 is 5.89. The molecule has 0 saturated heterocycles. The van der Waals surface area contributed by atoms with Gasteiger partial charge in [0.2, 0.25) is 11.7 Å². The van der Waals surface area contributed by atoms with Crippen molar-refractivity contribution in [2.24, 2.45) is 0 Å². The molecule has 0 fully saturated rings. The Hall–Kier alpha value is -2.81. The number of rotatable bonds is 8. The van der Waals surface area contributed by atoms with Gasteiger partial charge in [0.25, 0.3) is 0 Å². The van der Waals surface area contributed by atoms with Crippen molar-refractivity contribution >= 4 is 23.2 Å². The Balaban J connectivity index is 2.22. The van der Waals surface area contributed by atoms with Crippen LogP contribution < -0.4 is 24.3 Å². The first-order valence-corrected chi connectivity index (χ1v) is 8.63. The molecule has 158 valence electrons. The lowest BCUT2D eigenvalue weighted by atomic mass is 10.1. The van der Waals surface area contributed by atoms with Crippen LogP contribution in [0, 0.1) is 0 Å². The number of alkyl halides is 3. The van der Waals surface area contributed by atoms with E-state index in [9.17, 15) is 18.0 Å². The van der Waals surface area contributed by atoms with Crippen LogP contribution in [-0.4, -0.2) is 40.0 Å². The molecule has 6 nitrogen and oxygen atoms in total. The molecule has 0 aliphatic rings. The quantitative estimate of drug-likeness (QED) is 0.664. The number of ether oxygens (including phenoxy) is 4. The second-order valence-electron chi connectivity index (χ2n) is 5.76. The van der Waals surface area contributed by atoms with Gasteiger partial charge >= 0.3 is 6.18 Å². The van der Waals surface area contributed by atoms with Crippen molar-refractivity contribution in [1.29, 1.82) is 0 Å². The molecule has 0 saturated carbocycles. The van der Waals surface area contributed by atoms with Crippen LogP contribution in [0.25, 0.3) is 0 Å². The van der Waals surface area contributed by atoms with E-state index in [4.69, 9.17) is 30.5 Å². The highest BCUT2D eigenvalue weighted by Gasteiger charge is 2.29. The molecule has 1 amide bonds. The minimum atomic E-state index is -4.52. The summed E-state index contributed by atoms with van der Waals surface area (Å²) < 4.78 is 57.9. The fraction of sp³-hybridized carbons (Fsp3) is 0.316. The molecule has 0 radical (unpaired) electrons. The zero-order chi connectivity index (χ0) is 21.6. The molecule has 29 heavy (non-hydrogen) atoms. The Kier molecular flexibility index (Phi) is 7.44. The van der Waals surface area contributed by atoms with Crippen LogP contribution in [0.15, 0.2) is 30.3 Å². The lowest BCUT2D eigenvalue weighted by molar-refractivity contribution is -0.153. The lowest BCUT2D eigenvalue weighted by Crippen LogP contribution is -2.21. The molecule has 0 unspecified atom stereocenters. The van der Waals surface area contributed by atoms with Crippen LogP contribution >= 0.6 is 11.6 Å². The number of carbonyl (C=O) groups excluding carboxylic acids is 1. The lowest BCUT2D eigenvalue weighted by Gasteiger charge is -2.17. The van der Waals surface area contributed by atoms with E-state index in [0.29, 0.717) is 22.8 Å². The van der Waals surface area contributed by atoms with Crippen molar-refractivity contribution in [1.82, 2.24) is 0 Å². The topological polar surface area (TPSA) is 66.0 Å². The molecule has 0 atom stereocenters. The van der Waals surface area contributed by atoms with Crippen LogP contribution in [-0.2, 0) is 11.2 Å². The molecule has 10 heteroatoms. The average molecular weight is 434 g/mol. The third kappa shape index (κ3) is 6.08. The highest BCUT2D eigenvalue weighted by atomic mass is 35.5. The molecule has 2 aromatic rings. The van der Waals surface area contributed by atoms with E-state index < -0.39 is 18.7 Å². The van der Waals surface area contributed by atoms with E-state index in [1.165, 1.54) is 39.5 Å². The van der Waals surface area contributed by atoms with E-state index in [1.54, 1.807) is 12.1 Å². The minimum Gasteiger partial charge on any atom is -0.493 e. The molecule has 0 spiro atoms. The monoisotopic (exact) mass is 433 g/mol. The van der Waals surface area contributed by atoms with E-state index in [1.807, 2.05) is 0 Å². The van der Waals surface area contributed by atoms with Gasteiger partial charge in [-0.15, -0.1) is 0 Å². The van der Waals surface area contributed by atoms with Gasteiger partial charge in [-0.3, -0.25) is 4.79 Å². The minimum absolute atomic E-state index is 0.0196. The Labute approximate surface area is 170 Å². The predicted octanol–water partition coefficient (Wildman–Crippen LogP) is 4.49. The summed E-state index contributed by atoms with van der Waals surface area (Å²) in [5.41, 5.74) is 0.508.